The van der Waals surface area contributed by atoms with Crippen LogP contribution in [-0.2, 0) is 0 Å². The summed E-state index contributed by atoms with van der Waals surface area (Å²) in [6.45, 7) is 4.15. The minimum absolute atomic E-state index is 0.193. The Bertz CT molecular complexity index is 1330. The van der Waals surface area contributed by atoms with Crippen molar-refractivity contribution in [3.8, 4) is 17.0 Å². The maximum atomic E-state index is 12.7. The van der Waals surface area contributed by atoms with Crippen molar-refractivity contribution in [2.45, 2.75) is 0 Å². The summed E-state index contributed by atoms with van der Waals surface area (Å²) in [5.74, 6) is 1.16. The average molecular weight is 443 g/mol. The molecule has 2 N–H and O–H groups in total. The van der Waals surface area contributed by atoms with E-state index in [1.165, 1.54) is 5.69 Å². The van der Waals surface area contributed by atoms with Crippen molar-refractivity contribution in [2.24, 2.45) is 0 Å². The summed E-state index contributed by atoms with van der Waals surface area (Å²) in [5, 5.41) is 4.64. The quantitative estimate of drug-likeness (QED) is 0.489. The first kappa shape index (κ1) is 21.0. The monoisotopic (exact) mass is 442 g/mol. The van der Waals surface area contributed by atoms with Gasteiger partial charge in [0.1, 0.15) is 11.6 Å². The minimum Gasteiger partial charge on any atom is -0.496 e. The number of piperazine rings is 1. The zero-order chi connectivity index (χ0) is 22.8. The van der Waals surface area contributed by atoms with Crippen LogP contribution in [0.4, 0.5) is 17.2 Å². The Labute approximate surface area is 191 Å². The van der Waals surface area contributed by atoms with Crippen LogP contribution in [-0.4, -0.2) is 60.2 Å². The number of rotatable bonds is 5. The maximum Gasteiger partial charge on any atom is 0.259 e. The number of aromatic amines is 1. The van der Waals surface area contributed by atoms with Gasteiger partial charge in [0.25, 0.3) is 5.56 Å². The molecule has 1 fully saturated rings. The molecule has 0 saturated carbocycles. The van der Waals surface area contributed by atoms with Gasteiger partial charge >= 0.3 is 0 Å². The Kier molecular flexibility index (Phi) is 5.66. The molecule has 0 aliphatic carbocycles. The fraction of sp³-hybridized carbons (Fsp3) is 0.240. The van der Waals surface area contributed by atoms with Crippen molar-refractivity contribution in [1.82, 2.24) is 19.9 Å². The van der Waals surface area contributed by atoms with Crippen LogP contribution in [0.3, 0.4) is 0 Å². The Morgan fingerprint density at radius 2 is 1.85 bits per heavy atom. The molecule has 0 amide bonds. The van der Waals surface area contributed by atoms with Crippen LogP contribution in [0.5, 0.6) is 5.75 Å². The van der Waals surface area contributed by atoms with E-state index in [4.69, 9.17) is 9.72 Å². The summed E-state index contributed by atoms with van der Waals surface area (Å²) in [6.07, 6.45) is 5.04. The molecule has 3 aromatic heterocycles. The van der Waals surface area contributed by atoms with Crippen LogP contribution in [0.1, 0.15) is 0 Å². The summed E-state index contributed by atoms with van der Waals surface area (Å²) in [7, 11) is 3.77. The van der Waals surface area contributed by atoms with Crippen LogP contribution >= 0.6 is 0 Å². The smallest absolute Gasteiger partial charge is 0.259 e. The lowest BCUT2D eigenvalue weighted by Crippen LogP contribution is -2.44. The van der Waals surface area contributed by atoms with Crippen LogP contribution in [0.25, 0.3) is 22.0 Å². The third-order valence-corrected chi connectivity index (χ3v) is 6.03. The largest absolute Gasteiger partial charge is 0.496 e. The predicted octanol–water partition coefficient (Wildman–Crippen LogP) is 3.49. The lowest BCUT2D eigenvalue weighted by molar-refractivity contribution is 0.313. The van der Waals surface area contributed by atoms with Gasteiger partial charge in [0.2, 0.25) is 0 Å². The molecule has 0 unspecified atom stereocenters. The number of nitrogens with one attached hydrogen (secondary N) is 2. The Morgan fingerprint density at radius 1 is 1.06 bits per heavy atom. The molecule has 1 aliphatic heterocycles. The Morgan fingerprint density at radius 3 is 2.61 bits per heavy atom. The summed E-state index contributed by atoms with van der Waals surface area (Å²) in [6, 6.07) is 13.8. The fourth-order valence-corrected chi connectivity index (χ4v) is 4.15. The lowest BCUT2D eigenvalue weighted by Gasteiger charge is -2.34. The van der Waals surface area contributed by atoms with Gasteiger partial charge in [0.15, 0.2) is 0 Å². The number of methoxy groups -OCH3 is 1. The first-order valence-electron chi connectivity index (χ1n) is 10.9. The second-order valence-corrected chi connectivity index (χ2v) is 8.17. The highest BCUT2D eigenvalue weighted by Crippen LogP contribution is 2.32. The van der Waals surface area contributed by atoms with Gasteiger partial charge in [-0.2, -0.15) is 0 Å². The first-order chi connectivity index (χ1) is 16.1. The Hall–Kier alpha value is -3.91. The lowest BCUT2D eigenvalue weighted by atomic mass is 10.1. The zero-order valence-corrected chi connectivity index (χ0v) is 18.7. The van der Waals surface area contributed by atoms with E-state index in [2.05, 4.69) is 44.3 Å². The van der Waals surface area contributed by atoms with Crippen molar-refractivity contribution in [3.05, 3.63) is 71.4 Å². The highest BCUT2D eigenvalue weighted by Gasteiger charge is 2.16. The maximum absolute atomic E-state index is 12.7. The molecule has 0 spiro atoms. The second-order valence-electron chi connectivity index (χ2n) is 8.17. The zero-order valence-electron chi connectivity index (χ0n) is 18.7. The van der Waals surface area contributed by atoms with Gasteiger partial charge < -0.3 is 24.8 Å². The van der Waals surface area contributed by atoms with Gasteiger partial charge in [-0.15, -0.1) is 0 Å². The molecule has 8 heteroatoms. The number of fused-ring (bicyclic) bond motifs is 1. The summed E-state index contributed by atoms with van der Waals surface area (Å²) < 4.78 is 5.50. The number of hydrogen-bond donors (Lipinski definition) is 2. The van der Waals surface area contributed by atoms with Gasteiger partial charge in [0.05, 0.1) is 23.8 Å². The second kappa shape index (κ2) is 8.91. The molecule has 168 valence electrons. The van der Waals surface area contributed by atoms with Gasteiger partial charge in [-0.25, -0.2) is 4.98 Å². The van der Waals surface area contributed by atoms with E-state index >= 15 is 0 Å². The molecule has 0 atom stereocenters. The van der Waals surface area contributed by atoms with Crippen molar-refractivity contribution >= 4 is 28.0 Å². The highest BCUT2D eigenvalue weighted by molar-refractivity contribution is 5.95. The van der Waals surface area contributed by atoms with Crippen molar-refractivity contribution in [2.75, 3.05) is 50.6 Å². The van der Waals surface area contributed by atoms with Gasteiger partial charge in [-0.1, -0.05) is 0 Å². The van der Waals surface area contributed by atoms with E-state index in [9.17, 15) is 4.79 Å². The van der Waals surface area contributed by atoms with Crippen molar-refractivity contribution in [1.29, 1.82) is 0 Å². The molecule has 1 aromatic carbocycles. The molecule has 1 aliphatic rings. The number of ether oxygens (including phenoxy) is 1. The third kappa shape index (κ3) is 4.25. The molecule has 0 bridgehead atoms. The minimum atomic E-state index is -0.193. The standard InChI is InChI=1S/C25H26N6O2/c1-30-11-13-31(14-12-30)19-5-3-18(4-6-19)28-24-23-17(7-10-27-25(23)32)15-21(29-24)20-16-26-9-8-22(20)33-2/h3-10,15-16H,11-14H2,1-2H3,(H,27,32)(H,28,29). The van der Waals surface area contributed by atoms with Crippen molar-refractivity contribution < 1.29 is 4.74 Å². The van der Waals surface area contributed by atoms with Crippen LogP contribution in [0.2, 0.25) is 0 Å². The van der Waals surface area contributed by atoms with Gasteiger partial charge in [-0.3, -0.25) is 9.78 Å². The molecular formula is C25H26N6O2. The van der Waals surface area contributed by atoms with E-state index in [1.54, 1.807) is 31.8 Å². The summed E-state index contributed by atoms with van der Waals surface area (Å²) in [4.78, 5) is 29.2. The topological polar surface area (TPSA) is 86.4 Å². The number of nitrogens with zero attached hydrogens (tertiary/aromatic N) is 4. The summed E-state index contributed by atoms with van der Waals surface area (Å²) >= 11 is 0. The molecule has 5 rings (SSSR count). The van der Waals surface area contributed by atoms with Crippen LogP contribution < -0.4 is 20.5 Å². The number of H-pyrrole nitrogens is 1. The van der Waals surface area contributed by atoms with E-state index in [-0.39, 0.29) is 5.56 Å². The van der Waals surface area contributed by atoms with Crippen LogP contribution in [0, 0.1) is 0 Å². The van der Waals surface area contributed by atoms with E-state index in [0.29, 0.717) is 22.6 Å². The summed E-state index contributed by atoms with van der Waals surface area (Å²) in [5.41, 5.74) is 3.30. The van der Waals surface area contributed by atoms with Gasteiger partial charge in [-0.05, 0) is 54.9 Å². The normalized spacial score (nSPS) is 14.4. The van der Waals surface area contributed by atoms with Crippen molar-refractivity contribution in [3.63, 3.8) is 0 Å². The molecule has 33 heavy (non-hydrogen) atoms. The third-order valence-electron chi connectivity index (χ3n) is 6.03. The molecule has 4 heterocycles. The molecule has 4 aromatic rings. The number of anilines is 3. The van der Waals surface area contributed by atoms with Gasteiger partial charge in [0, 0.05) is 56.1 Å². The Balaban J connectivity index is 1.51. The number of likely N-dealkylation sites (N-methyl/N-ethyl adjacent to an activating group) is 1. The van der Waals surface area contributed by atoms with E-state index in [0.717, 1.165) is 42.8 Å². The highest BCUT2D eigenvalue weighted by atomic mass is 16.5. The van der Waals surface area contributed by atoms with E-state index in [1.807, 2.05) is 24.3 Å². The fourth-order valence-electron chi connectivity index (χ4n) is 4.15. The molecule has 1 saturated heterocycles. The number of aromatic nitrogens is 3. The molecule has 8 nitrogen and oxygen atoms in total. The van der Waals surface area contributed by atoms with E-state index < -0.39 is 0 Å². The predicted molar refractivity (Wildman–Crippen MR) is 132 cm³/mol. The SMILES string of the molecule is COc1ccncc1-c1cc2cc[nH]c(=O)c2c(Nc2ccc(N3CCN(C)CC3)cc2)n1. The molecule has 0 radical (unpaired) electrons. The average Bonchev–Trinajstić information content (AvgIpc) is 2.85. The van der Waals surface area contributed by atoms with Crippen LogP contribution in [0.15, 0.2) is 65.8 Å². The molecular weight excluding hydrogens is 416 g/mol. The first-order valence-corrected chi connectivity index (χ1v) is 10.9. The number of benzene rings is 1. The number of pyridine rings is 3. The number of hydrogen-bond acceptors (Lipinski definition) is 7.